The van der Waals surface area contributed by atoms with Gasteiger partial charge in [-0.2, -0.15) is 0 Å². The SMILES string of the molecule is CN(CCCOCCOc1ccc(Br)c(F)c1)C(=O)O. The van der Waals surface area contributed by atoms with E-state index in [1.165, 1.54) is 18.0 Å². The zero-order chi connectivity index (χ0) is 15.0. The number of rotatable bonds is 8. The van der Waals surface area contributed by atoms with Gasteiger partial charge < -0.3 is 19.5 Å². The first-order valence-corrected chi connectivity index (χ1v) is 6.89. The van der Waals surface area contributed by atoms with Crippen LogP contribution in [0.1, 0.15) is 6.42 Å². The van der Waals surface area contributed by atoms with Crippen LogP contribution in [0.15, 0.2) is 22.7 Å². The van der Waals surface area contributed by atoms with Gasteiger partial charge in [0.25, 0.3) is 0 Å². The van der Waals surface area contributed by atoms with Gasteiger partial charge in [-0.1, -0.05) is 0 Å². The molecule has 7 heteroatoms. The van der Waals surface area contributed by atoms with Crippen molar-refractivity contribution >= 4 is 22.0 Å². The maximum absolute atomic E-state index is 13.2. The van der Waals surface area contributed by atoms with Crippen LogP contribution in [0.3, 0.4) is 0 Å². The molecule has 0 aliphatic carbocycles. The lowest BCUT2D eigenvalue weighted by molar-refractivity contribution is 0.0918. The lowest BCUT2D eigenvalue weighted by atomic mass is 10.3. The highest BCUT2D eigenvalue weighted by molar-refractivity contribution is 9.10. The molecule has 0 atom stereocenters. The lowest BCUT2D eigenvalue weighted by Crippen LogP contribution is -2.26. The fourth-order valence-corrected chi connectivity index (χ4v) is 1.63. The number of hydrogen-bond donors (Lipinski definition) is 1. The van der Waals surface area contributed by atoms with E-state index in [0.29, 0.717) is 43.0 Å². The van der Waals surface area contributed by atoms with Crippen molar-refractivity contribution in [2.75, 3.05) is 33.4 Å². The molecule has 0 saturated carbocycles. The lowest BCUT2D eigenvalue weighted by Gasteiger charge is -2.12. The average Bonchev–Trinajstić information content (AvgIpc) is 2.41. The number of amides is 1. The second-order valence-electron chi connectivity index (χ2n) is 4.09. The van der Waals surface area contributed by atoms with Crippen molar-refractivity contribution in [2.24, 2.45) is 0 Å². The number of hydrogen-bond acceptors (Lipinski definition) is 3. The van der Waals surface area contributed by atoms with Gasteiger partial charge in [-0.05, 0) is 34.5 Å². The molecule has 5 nitrogen and oxygen atoms in total. The standard InChI is InChI=1S/C13H17BrFNO4/c1-16(13(17)18)5-2-6-19-7-8-20-10-3-4-11(14)12(15)9-10/h3-4,9H,2,5-8H2,1H3,(H,17,18). The Hall–Kier alpha value is -1.34. The van der Waals surface area contributed by atoms with Crippen LogP contribution >= 0.6 is 15.9 Å². The first-order valence-electron chi connectivity index (χ1n) is 6.10. The Balaban J connectivity index is 2.07. The highest BCUT2D eigenvalue weighted by Crippen LogP contribution is 2.20. The Morgan fingerprint density at radius 2 is 2.15 bits per heavy atom. The van der Waals surface area contributed by atoms with E-state index in [4.69, 9.17) is 14.6 Å². The monoisotopic (exact) mass is 349 g/mol. The highest BCUT2D eigenvalue weighted by Gasteiger charge is 2.04. The summed E-state index contributed by atoms with van der Waals surface area (Å²) in [6, 6.07) is 4.54. The van der Waals surface area contributed by atoms with Crippen LogP contribution in [-0.2, 0) is 4.74 Å². The van der Waals surface area contributed by atoms with Crippen molar-refractivity contribution < 1.29 is 23.8 Å². The van der Waals surface area contributed by atoms with Crippen LogP contribution in [0.25, 0.3) is 0 Å². The third-order valence-electron chi connectivity index (χ3n) is 2.50. The van der Waals surface area contributed by atoms with Crippen molar-refractivity contribution in [1.82, 2.24) is 4.90 Å². The third kappa shape index (κ3) is 6.21. The molecule has 0 saturated heterocycles. The van der Waals surface area contributed by atoms with Gasteiger partial charge in [0, 0.05) is 26.3 Å². The molecule has 0 unspecified atom stereocenters. The van der Waals surface area contributed by atoms with Gasteiger partial charge in [0.15, 0.2) is 0 Å². The second-order valence-corrected chi connectivity index (χ2v) is 4.95. The van der Waals surface area contributed by atoms with Crippen LogP contribution < -0.4 is 4.74 Å². The quantitative estimate of drug-likeness (QED) is 0.733. The van der Waals surface area contributed by atoms with Crippen LogP contribution in [0.5, 0.6) is 5.75 Å². The smallest absolute Gasteiger partial charge is 0.407 e. The predicted molar refractivity (Wildman–Crippen MR) is 75.7 cm³/mol. The van der Waals surface area contributed by atoms with Crippen molar-refractivity contribution in [3.8, 4) is 5.75 Å². The molecule has 20 heavy (non-hydrogen) atoms. The Kier molecular flexibility index (Phi) is 7.32. The minimum absolute atomic E-state index is 0.315. The number of ether oxygens (including phenoxy) is 2. The Morgan fingerprint density at radius 3 is 2.80 bits per heavy atom. The minimum atomic E-state index is -0.953. The molecular formula is C13H17BrFNO4. The summed E-state index contributed by atoms with van der Waals surface area (Å²) in [4.78, 5) is 11.7. The number of nitrogens with zero attached hydrogens (tertiary/aromatic N) is 1. The minimum Gasteiger partial charge on any atom is -0.491 e. The molecular weight excluding hydrogens is 333 g/mol. The van der Waals surface area contributed by atoms with Crippen molar-refractivity contribution in [3.63, 3.8) is 0 Å². The van der Waals surface area contributed by atoms with Crippen molar-refractivity contribution in [2.45, 2.75) is 6.42 Å². The number of benzene rings is 1. The van der Waals surface area contributed by atoms with E-state index in [9.17, 15) is 9.18 Å². The van der Waals surface area contributed by atoms with Gasteiger partial charge in [-0.15, -0.1) is 0 Å². The summed E-state index contributed by atoms with van der Waals surface area (Å²) < 4.78 is 24.2. The number of carbonyl (C=O) groups is 1. The van der Waals surface area contributed by atoms with E-state index in [1.807, 2.05) is 0 Å². The first-order chi connectivity index (χ1) is 9.50. The topological polar surface area (TPSA) is 59.0 Å². The van der Waals surface area contributed by atoms with Gasteiger partial charge in [0.2, 0.25) is 0 Å². The van der Waals surface area contributed by atoms with Gasteiger partial charge in [0.1, 0.15) is 18.2 Å². The van der Waals surface area contributed by atoms with Gasteiger partial charge in [-0.25, -0.2) is 9.18 Å². The summed E-state index contributed by atoms with van der Waals surface area (Å²) in [5.74, 6) is 0.0695. The molecule has 1 rings (SSSR count). The van der Waals surface area contributed by atoms with Gasteiger partial charge in [0.05, 0.1) is 11.1 Å². The molecule has 0 aliphatic heterocycles. The van der Waals surface area contributed by atoms with E-state index in [1.54, 1.807) is 12.1 Å². The predicted octanol–water partition coefficient (Wildman–Crippen LogP) is 2.98. The summed E-state index contributed by atoms with van der Waals surface area (Å²) in [5.41, 5.74) is 0. The Morgan fingerprint density at radius 1 is 1.40 bits per heavy atom. The maximum Gasteiger partial charge on any atom is 0.407 e. The van der Waals surface area contributed by atoms with Crippen LogP contribution in [0, 0.1) is 5.82 Å². The highest BCUT2D eigenvalue weighted by atomic mass is 79.9. The van der Waals surface area contributed by atoms with E-state index in [2.05, 4.69) is 15.9 Å². The summed E-state index contributed by atoms with van der Waals surface area (Å²) in [6.07, 6.45) is -0.332. The summed E-state index contributed by atoms with van der Waals surface area (Å²) >= 11 is 3.06. The van der Waals surface area contributed by atoms with E-state index < -0.39 is 6.09 Å². The molecule has 0 bridgehead atoms. The summed E-state index contributed by atoms with van der Waals surface area (Å²) in [5, 5.41) is 8.62. The van der Waals surface area contributed by atoms with E-state index in [-0.39, 0.29) is 5.82 Å². The largest absolute Gasteiger partial charge is 0.491 e. The fourth-order valence-electron chi connectivity index (χ4n) is 1.39. The number of halogens is 2. The third-order valence-corrected chi connectivity index (χ3v) is 3.14. The second kappa shape index (κ2) is 8.76. The van der Waals surface area contributed by atoms with Crippen LogP contribution in [0.2, 0.25) is 0 Å². The van der Waals surface area contributed by atoms with Crippen molar-refractivity contribution in [1.29, 1.82) is 0 Å². The number of carboxylic acid groups (broad SMARTS) is 1. The van der Waals surface area contributed by atoms with Gasteiger partial charge >= 0.3 is 6.09 Å². The molecule has 0 aliphatic rings. The molecule has 112 valence electrons. The van der Waals surface area contributed by atoms with Crippen LogP contribution in [0.4, 0.5) is 9.18 Å². The molecule has 0 radical (unpaired) electrons. The zero-order valence-corrected chi connectivity index (χ0v) is 12.7. The normalized spacial score (nSPS) is 10.3. The molecule has 1 N–H and O–H groups in total. The Labute approximate surface area is 125 Å². The molecule has 1 aromatic carbocycles. The Bertz CT molecular complexity index is 444. The maximum atomic E-state index is 13.2. The fraction of sp³-hybridized carbons (Fsp3) is 0.462. The molecule has 0 heterocycles. The van der Waals surface area contributed by atoms with Crippen molar-refractivity contribution in [3.05, 3.63) is 28.5 Å². The van der Waals surface area contributed by atoms with E-state index >= 15 is 0 Å². The van der Waals surface area contributed by atoms with E-state index in [0.717, 1.165) is 0 Å². The van der Waals surface area contributed by atoms with Gasteiger partial charge in [-0.3, -0.25) is 0 Å². The molecule has 0 spiro atoms. The zero-order valence-electron chi connectivity index (χ0n) is 11.1. The molecule has 0 fully saturated rings. The molecule has 0 aromatic heterocycles. The first kappa shape index (κ1) is 16.7. The molecule has 1 amide bonds. The average molecular weight is 350 g/mol. The summed E-state index contributed by atoms with van der Waals surface area (Å²) in [6.45, 7) is 1.56. The molecule has 1 aromatic rings. The van der Waals surface area contributed by atoms with Crippen LogP contribution in [-0.4, -0.2) is 49.5 Å². The summed E-state index contributed by atoms with van der Waals surface area (Å²) in [7, 11) is 1.51.